The molecule has 0 atom stereocenters. The number of carboxylic acid groups (broad SMARTS) is 1. The molecule has 124 valence electrons. The van der Waals surface area contributed by atoms with Crippen LogP contribution in [-0.2, 0) is 14.3 Å². The van der Waals surface area contributed by atoms with Crippen molar-refractivity contribution in [2.24, 2.45) is 5.73 Å². The third kappa shape index (κ3) is 7.63. The second-order valence-corrected chi connectivity index (χ2v) is 4.33. The van der Waals surface area contributed by atoms with Crippen molar-refractivity contribution >= 4 is 17.7 Å². The Bertz CT molecular complexity index is 585. The minimum absolute atomic E-state index is 0.263. The fraction of sp³-hybridized carbons (Fsp3) is 0.267. The highest BCUT2D eigenvalue weighted by Crippen LogP contribution is 2.13. The maximum absolute atomic E-state index is 11.8. The van der Waals surface area contributed by atoms with Gasteiger partial charge < -0.3 is 25.6 Å². The lowest BCUT2D eigenvalue weighted by molar-refractivity contribution is -0.140. The number of rotatable bonds is 10. The number of ether oxygens (including phenoxy) is 2. The minimum atomic E-state index is -1.14. The van der Waals surface area contributed by atoms with E-state index in [1.54, 1.807) is 18.2 Å². The molecule has 0 aliphatic rings. The van der Waals surface area contributed by atoms with Gasteiger partial charge in [-0.15, -0.1) is 0 Å². The van der Waals surface area contributed by atoms with Gasteiger partial charge in [0.2, 0.25) is 0 Å². The van der Waals surface area contributed by atoms with E-state index in [1.165, 1.54) is 6.07 Å². The fourth-order valence-electron chi connectivity index (χ4n) is 1.46. The topological polar surface area (TPSA) is 128 Å². The van der Waals surface area contributed by atoms with E-state index in [1.807, 2.05) is 0 Å². The molecule has 0 unspecified atom stereocenters. The molecule has 1 rings (SSSR count). The third-order valence-corrected chi connectivity index (χ3v) is 2.46. The maximum Gasteiger partial charge on any atom is 0.341 e. The van der Waals surface area contributed by atoms with Gasteiger partial charge in [0.25, 0.3) is 5.91 Å². The van der Waals surface area contributed by atoms with Gasteiger partial charge in [-0.05, 0) is 18.2 Å². The van der Waals surface area contributed by atoms with Crippen molar-refractivity contribution in [2.75, 3.05) is 26.3 Å². The Hall–Kier alpha value is -2.87. The number of carbonyl (C=O) groups is 3. The van der Waals surface area contributed by atoms with Crippen LogP contribution in [0.3, 0.4) is 0 Å². The lowest BCUT2D eigenvalue weighted by Gasteiger charge is -2.07. The molecule has 0 aromatic heterocycles. The molecule has 0 fully saturated rings. The molecule has 0 heterocycles. The van der Waals surface area contributed by atoms with Gasteiger partial charge in [-0.2, -0.15) is 0 Å². The molecule has 8 heteroatoms. The first-order valence-corrected chi connectivity index (χ1v) is 6.77. The summed E-state index contributed by atoms with van der Waals surface area (Å²) in [4.78, 5) is 33.4. The van der Waals surface area contributed by atoms with Crippen molar-refractivity contribution < 1.29 is 29.0 Å². The molecular formula is C15H18N2O6. The van der Waals surface area contributed by atoms with Crippen LogP contribution >= 0.6 is 0 Å². The summed E-state index contributed by atoms with van der Waals surface area (Å²) in [6.07, 6.45) is 2.07. The number of amides is 1. The van der Waals surface area contributed by atoms with Crippen LogP contribution in [0.5, 0.6) is 5.75 Å². The van der Waals surface area contributed by atoms with E-state index < -0.39 is 18.4 Å². The van der Waals surface area contributed by atoms with Crippen LogP contribution in [0.2, 0.25) is 0 Å². The molecule has 0 spiro atoms. The van der Waals surface area contributed by atoms with Gasteiger partial charge in [-0.3, -0.25) is 9.59 Å². The first-order chi connectivity index (χ1) is 11.0. The molecule has 1 amide bonds. The molecule has 4 N–H and O–H groups in total. The van der Waals surface area contributed by atoms with Crippen LogP contribution in [0.15, 0.2) is 36.6 Å². The summed E-state index contributed by atoms with van der Waals surface area (Å²) in [5, 5.41) is 11.0. The number of nitrogens with two attached hydrogens (primary N) is 1. The largest absolute Gasteiger partial charge is 0.489 e. The highest BCUT2D eigenvalue weighted by atomic mass is 16.5. The van der Waals surface area contributed by atoms with Crippen molar-refractivity contribution in [3.05, 3.63) is 42.2 Å². The zero-order valence-corrected chi connectivity index (χ0v) is 12.4. The number of aliphatic carboxylic acids is 1. The lowest BCUT2D eigenvalue weighted by atomic mass is 10.2. The summed E-state index contributed by atoms with van der Waals surface area (Å²) in [5.41, 5.74) is 5.70. The molecule has 1 aromatic carbocycles. The first-order valence-electron chi connectivity index (χ1n) is 6.77. The van der Waals surface area contributed by atoms with E-state index >= 15 is 0 Å². The van der Waals surface area contributed by atoms with Crippen LogP contribution < -0.4 is 15.8 Å². The average molecular weight is 322 g/mol. The Morgan fingerprint density at radius 1 is 1.26 bits per heavy atom. The molecular weight excluding hydrogens is 304 g/mol. The van der Waals surface area contributed by atoms with Gasteiger partial charge in [0.1, 0.15) is 5.75 Å². The normalized spacial score (nSPS) is 10.3. The zero-order valence-electron chi connectivity index (χ0n) is 12.4. The maximum atomic E-state index is 11.8. The van der Waals surface area contributed by atoms with Gasteiger partial charge in [-0.25, -0.2) is 4.79 Å². The zero-order chi connectivity index (χ0) is 17.1. The molecule has 0 saturated carbocycles. The molecule has 1 aromatic rings. The van der Waals surface area contributed by atoms with E-state index in [0.29, 0.717) is 24.4 Å². The molecule has 23 heavy (non-hydrogen) atoms. The summed E-state index contributed by atoms with van der Waals surface area (Å²) < 4.78 is 9.85. The number of benzene rings is 1. The van der Waals surface area contributed by atoms with E-state index in [2.05, 4.69) is 10.1 Å². The third-order valence-electron chi connectivity index (χ3n) is 2.46. The summed E-state index contributed by atoms with van der Waals surface area (Å²) in [5.74, 6) is -1.47. The van der Waals surface area contributed by atoms with E-state index in [-0.39, 0.29) is 12.5 Å². The number of nitrogens with one attached hydrogen (secondary N) is 1. The van der Waals surface area contributed by atoms with Gasteiger partial charge in [0.05, 0.1) is 6.26 Å². The standard InChI is InChI=1S/C15H18N2O6/c16-5-6-17-15(21)11-2-1-3-13(8-11)23-9-12(18)4-7-22-10-14(19)20/h1-4,7-8H,5-6,9-10,16H2,(H,17,21)(H,19,20)/b7-4+. The van der Waals surface area contributed by atoms with Gasteiger partial charge in [-0.1, -0.05) is 6.07 Å². The fourth-order valence-corrected chi connectivity index (χ4v) is 1.46. The number of carboxylic acids is 1. The monoisotopic (exact) mass is 322 g/mol. The molecule has 0 radical (unpaired) electrons. The summed E-state index contributed by atoms with van der Waals surface area (Å²) in [7, 11) is 0. The Morgan fingerprint density at radius 3 is 2.74 bits per heavy atom. The minimum Gasteiger partial charge on any atom is -0.489 e. The number of carbonyl (C=O) groups excluding carboxylic acids is 2. The van der Waals surface area contributed by atoms with E-state index in [9.17, 15) is 14.4 Å². The first kappa shape index (κ1) is 18.2. The Labute approximate surface area is 132 Å². The summed E-state index contributed by atoms with van der Waals surface area (Å²) in [6.45, 7) is -0.0817. The molecule has 8 nitrogen and oxygen atoms in total. The second kappa shape index (κ2) is 9.96. The number of ketones is 1. The Kier molecular flexibility index (Phi) is 7.87. The van der Waals surface area contributed by atoms with Crippen molar-refractivity contribution in [1.82, 2.24) is 5.32 Å². The van der Waals surface area contributed by atoms with Gasteiger partial charge in [0.15, 0.2) is 19.0 Å². The van der Waals surface area contributed by atoms with Crippen LogP contribution in [0.25, 0.3) is 0 Å². The van der Waals surface area contributed by atoms with Crippen LogP contribution in [0.1, 0.15) is 10.4 Å². The highest BCUT2D eigenvalue weighted by Gasteiger charge is 2.06. The average Bonchev–Trinajstić information content (AvgIpc) is 2.54. The van der Waals surface area contributed by atoms with Crippen molar-refractivity contribution in [1.29, 1.82) is 0 Å². The summed E-state index contributed by atoms with van der Waals surface area (Å²) in [6, 6.07) is 6.35. The van der Waals surface area contributed by atoms with Crippen LogP contribution in [-0.4, -0.2) is 49.1 Å². The van der Waals surface area contributed by atoms with Gasteiger partial charge >= 0.3 is 5.97 Å². The molecule has 0 bridgehead atoms. The summed E-state index contributed by atoms with van der Waals surface area (Å²) >= 11 is 0. The molecule has 0 aliphatic carbocycles. The van der Waals surface area contributed by atoms with Crippen molar-refractivity contribution in [2.45, 2.75) is 0 Å². The van der Waals surface area contributed by atoms with Crippen molar-refractivity contribution in [3.8, 4) is 5.75 Å². The van der Waals surface area contributed by atoms with Gasteiger partial charge in [0, 0.05) is 24.7 Å². The second-order valence-electron chi connectivity index (χ2n) is 4.33. The van der Waals surface area contributed by atoms with Crippen LogP contribution in [0.4, 0.5) is 0 Å². The highest BCUT2D eigenvalue weighted by molar-refractivity contribution is 5.94. The lowest BCUT2D eigenvalue weighted by Crippen LogP contribution is -2.28. The predicted octanol–water partition coefficient (Wildman–Crippen LogP) is -0.0621. The molecule has 0 aliphatic heterocycles. The predicted molar refractivity (Wildman–Crippen MR) is 81.1 cm³/mol. The van der Waals surface area contributed by atoms with Crippen molar-refractivity contribution in [3.63, 3.8) is 0 Å². The van der Waals surface area contributed by atoms with E-state index in [4.69, 9.17) is 15.6 Å². The molecule has 0 saturated heterocycles. The smallest absolute Gasteiger partial charge is 0.341 e. The Balaban J connectivity index is 2.47. The Morgan fingerprint density at radius 2 is 2.04 bits per heavy atom. The van der Waals surface area contributed by atoms with E-state index in [0.717, 1.165) is 12.3 Å². The SMILES string of the molecule is NCCNC(=O)c1cccc(OCC(=O)/C=C/OCC(=O)O)c1. The number of hydrogen-bond donors (Lipinski definition) is 3. The van der Waals surface area contributed by atoms with Crippen LogP contribution in [0, 0.1) is 0 Å². The number of hydrogen-bond acceptors (Lipinski definition) is 6. The quantitative estimate of drug-likeness (QED) is 0.406.